The summed E-state index contributed by atoms with van der Waals surface area (Å²) >= 11 is 0. The first kappa shape index (κ1) is 18.5. The Labute approximate surface area is 151 Å². The minimum Gasteiger partial charge on any atom is -0.366 e. The van der Waals surface area contributed by atoms with E-state index in [0.29, 0.717) is 17.0 Å². The molecular weight excluding hydrogens is 341 g/mol. The topological polar surface area (TPSA) is 48.0 Å². The van der Waals surface area contributed by atoms with E-state index in [1.165, 1.54) is 31.4 Å². The number of halogens is 3. The van der Waals surface area contributed by atoms with Crippen LogP contribution in [0, 0.1) is 12.8 Å². The van der Waals surface area contributed by atoms with Gasteiger partial charge in [-0.3, -0.25) is 4.79 Å². The van der Waals surface area contributed by atoms with E-state index < -0.39 is 17.6 Å². The lowest BCUT2D eigenvalue weighted by atomic mass is 9.89. The van der Waals surface area contributed by atoms with Crippen LogP contribution in [0.1, 0.15) is 53.7 Å². The number of carbonyl (C=O) groups is 1. The van der Waals surface area contributed by atoms with Gasteiger partial charge in [0.1, 0.15) is 0 Å². The summed E-state index contributed by atoms with van der Waals surface area (Å²) in [5, 5.41) is 0. The van der Waals surface area contributed by atoms with Gasteiger partial charge in [0.25, 0.3) is 5.91 Å². The molecule has 1 amide bonds. The first-order chi connectivity index (χ1) is 12.3. The molecule has 0 unspecified atom stereocenters. The molecule has 0 saturated heterocycles. The molecule has 1 aromatic heterocycles. The Morgan fingerprint density at radius 1 is 1.15 bits per heavy atom. The van der Waals surface area contributed by atoms with Gasteiger partial charge < -0.3 is 10.3 Å². The molecule has 6 heteroatoms. The normalized spacial score (nSPS) is 16.0. The maximum absolute atomic E-state index is 12.8. The van der Waals surface area contributed by atoms with Crippen LogP contribution >= 0.6 is 0 Å². The molecule has 0 spiro atoms. The number of hydrogen-bond donors (Lipinski definition) is 1. The Hall–Kier alpha value is -2.24. The number of rotatable bonds is 4. The van der Waals surface area contributed by atoms with Gasteiger partial charge in [0, 0.05) is 17.9 Å². The standard InChI is InChI=1S/C20H23F3N2O/c1-13-17(19(24)26)11-18(25(13)12-14-5-3-2-4-6-14)15-7-9-16(10-8-15)20(21,22)23/h7-11,14H,2-6,12H2,1H3,(H2,24,26). The van der Waals surface area contributed by atoms with Crippen LogP contribution in [0.15, 0.2) is 30.3 Å². The molecule has 2 aromatic rings. The van der Waals surface area contributed by atoms with Gasteiger partial charge in [-0.1, -0.05) is 31.4 Å². The first-order valence-electron chi connectivity index (χ1n) is 8.95. The number of carbonyl (C=O) groups excluding carboxylic acids is 1. The largest absolute Gasteiger partial charge is 0.416 e. The summed E-state index contributed by atoms with van der Waals surface area (Å²) in [4.78, 5) is 11.8. The summed E-state index contributed by atoms with van der Waals surface area (Å²) in [7, 11) is 0. The Kier molecular flexibility index (Phi) is 5.12. The number of hydrogen-bond acceptors (Lipinski definition) is 1. The highest BCUT2D eigenvalue weighted by molar-refractivity contribution is 5.95. The summed E-state index contributed by atoms with van der Waals surface area (Å²) in [6.07, 6.45) is 1.55. The van der Waals surface area contributed by atoms with Crippen molar-refractivity contribution in [3.63, 3.8) is 0 Å². The highest BCUT2D eigenvalue weighted by atomic mass is 19.4. The molecule has 2 N–H and O–H groups in total. The lowest BCUT2D eigenvalue weighted by Crippen LogP contribution is -2.17. The lowest BCUT2D eigenvalue weighted by molar-refractivity contribution is -0.137. The van der Waals surface area contributed by atoms with Crippen molar-refractivity contribution in [1.29, 1.82) is 0 Å². The van der Waals surface area contributed by atoms with E-state index in [1.54, 1.807) is 6.07 Å². The van der Waals surface area contributed by atoms with Crippen molar-refractivity contribution in [2.45, 2.75) is 51.7 Å². The van der Waals surface area contributed by atoms with Crippen molar-refractivity contribution in [2.75, 3.05) is 0 Å². The maximum Gasteiger partial charge on any atom is 0.416 e. The molecule has 1 saturated carbocycles. The molecule has 3 rings (SSSR count). The van der Waals surface area contributed by atoms with Crippen molar-refractivity contribution in [2.24, 2.45) is 11.7 Å². The fourth-order valence-electron chi connectivity index (χ4n) is 3.83. The number of amides is 1. The Morgan fingerprint density at radius 3 is 2.31 bits per heavy atom. The number of nitrogens with two attached hydrogens (primary N) is 1. The van der Waals surface area contributed by atoms with Crippen LogP contribution in [0.3, 0.4) is 0 Å². The zero-order chi connectivity index (χ0) is 18.9. The fourth-order valence-corrected chi connectivity index (χ4v) is 3.83. The molecule has 3 nitrogen and oxygen atoms in total. The Balaban J connectivity index is 1.99. The summed E-state index contributed by atoms with van der Waals surface area (Å²) in [5.74, 6) is 0.00170. The summed E-state index contributed by atoms with van der Waals surface area (Å²) < 4.78 is 40.5. The highest BCUT2D eigenvalue weighted by Gasteiger charge is 2.30. The van der Waals surface area contributed by atoms with E-state index in [0.717, 1.165) is 42.9 Å². The molecule has 1 fully saturated rings. The smallest absolute Gasteiger partial charge is 0.366 e. The van der Waals surface area contributed by atoms with Crippen LogP contribution in [0.5, 0.6) is 0 Å². The second-order valence-corrected chi connectivity index (χ2v) is 7.08. The maximum atomic E-state index is 12.8. The molecule has 1 aliphatic carbocycles. The van der Waals surface area contributed by atoms with Crippen LogP contribution in [0.25, 0.3) is 11.3 Å². The van der Waals surface area contributed by atoms with Gasteiger partial charge in [0.2, 0.25) is 0 Å². The monoisotopic (exact) mass is 364 g/mol. The molecule has 140 valence electrons. The van der Waals surface area contributed by atoms with Crippen molar-refractivity contribution < 1.29 is 18.0 Å². The van der Waals surface area contributed by atoms with E-state index >= 15 is 0 Å². The van der Waals surface area contributed by atoms with Crippen LogP contribution in [0.2, 0.25) is 0 Å². The van der Waals surface area contributed by atoms with Crippen molar-refractivity contribution in [3.8, 4) is 11.3 Å². The number of alkyl halides is 3. The summed E-state index contributed by atoms with van der Waals surface area (Å²) in [6, 6.07) is 6.77. The molecular formula is C20H23F3N2O. The number of primary amides is 1. The molecule has 0 radical (unpaired) electrons. The third-order valence-electron chi connectivity index (χ3n) is 5.31. The van der Waals surface area contributed by atoms with Gasteiger partial charge in [0.05, 0.1) is 11.1 Å². The van der Waals surface area contributed by atoms with E-state index in [-0.39, 0.29) is 0 Å². The molecule has 0 atom stereocenters. The third kappa shape index (κ3) is 3.79. The second-order valence-electron chi connectivity index (χ2n) is 7.08. The fraction of sp³-hybridized carbons (Fsp3) is 0.450. The average molecular weight is 364 g/mol. The number of benzene rings is 1. The van der Waals surface area contributed by atoms with Crippen LogP contribution < -0.4 is 5.73 Å². The van der Waals surface area contributed by atoms with E-state index in [4.69, 9.17) is 5.73 Å². The van der Waals surface area contributed by atoms with Gasteiger partial charge in [-0.25, -0.2) is 0 Å². The van der Waals surface area contributed by atoms with Crippen LogP contribution in [0.4, 0.5) is 13.2 Å². The van der Waals surface area contributed by atoms with Gasteiger partial charge >= 0.3 is 6.18 Å². The second kappa shape index (κ2) is 7.17. The number of aromatic nitrogens is 1. The minimum atomic E-state index is -4.36. The molecule has 1 aliphatic rings. The Bertz CT molecular complexity index is 785. The molecule has 0 aliphatic heterocycles. The summed E-state index contributed by atoms with van der Waals surface area (Å²) in [6.45, 7) is 2.60. The van der Waals surface area contributed by atoms with Gasteiger partial charge in [0.15, 0.2) is 0 Å². The van der Waals surface area contributed by atoms with Gasteiger partial charge in [-0.15, -0.1) is 0 Å². The lowest BCUT2D eigenvalue weighted by Gasteiger charge is -2.24. The molecule has 26 heavy (non-hydrogen) atoms. The van der Waals surface area contributed by atoms with Gasteiger partial charge in [-0.2, -0.15) is 13.2 Å². The minimum absolute atomic E-state index is 0.427. The SMILES string of the molecule is Cc1c(C(N)=O)cc(-c2ccc(C(F)(F)F)cc2)n1CC1CCCCC1. The molecule has 1 heterocycles. The van der Waals surface area contributed by atoms with Crippen molar-refractivity contribution >= 4 is 5.91 Å². The highest BCUT2D eigenvalue weighted by Crippen LogP contribution is 2.34. The quantitative estimate of drug-likeness (QED) is 0.800. The first-order valence-corrected chi connectivity index (χ1v) is 8.95. The Morgan fingerprint density at radius 2 is 1.77 bits per heavy atom. The summed E-state index contributed by atoms with van der Waals surface area (Å²) in [5.41, 5.74) is 7.41. The van der Waals surface area contributed by atoms with Crippen molar-refractivity contribution in [1.82, 2.24) is 4.57 Å². The van der Waals surface area contributed by atoms with Crippen LogP contribution in [-0.4, -0.2) is 10.5 Å². The van der Waals surface area contributed by atoms with Gasteiger partial charge in [-0.05, 0) is 49.4 Å². The number of nitrogens with zero attached hydrogens (tertiary/aromatic N) is 1. The molecule has 0 bridgehead atoms. The van der Waals surface area contributed by atoms with E-state index in [2.05, 4.69) is 0 Å². The van der Waals surface area contributed by atoms with Crippen molar-refractivity contribution in [3.05, 3.63) is 47.2 Å². The van der Waals surface area contributed by atoms with E-state index in [9.17, 15) is 18.0 Å². The third-order valence-corrected chi connectivity index (χ3v) is 5.31. The average Bonchev–Trinajstić information content (AvgIpc) is 2.92. The van der Waals surface area contributed by atoms with E-state index in [1.807, 2.05) is 11.5 Å². The van der Waals surface area contributed by atoms with Crippen LogP contribution in [-0.2, 0) is 12.7 Å². The predicted octanol–water partition coefficient (Wildman–Crippen LogP) is 5.16. The molecule has 1 aromatic carbocycles. The zero-order valence-electron chi connectivity index (χ0n) is 14.8. The zero-order valence-corrected chi connectivity index (χ0v) is 14.8. The predicted molar refractivity (Wildman–Crippen MR) is 94.7 cm³/mol.